The van der Waals surface area contributed by atoms with E-state index < -0.39 is 5.78 Å². The number of carbonyl (C=O) groups excluding carboxylic acids is 1. The minimum absolute atomic E-state index is 0.0158. The molecule has 0 amide bonds. The predicted molar refractivity (Wildman–Crippen MR) is 125 cm³/mol. The van der Waals surface area contributed by atoms with Crippen LogP contribution in [0.25, 0.3) is 22.4 Å². The van der Waals surface area contributed by atoms with Crippen LogP contribution in [0.2, 0.25) is 15.2 Å². The van der Waals surface area contributed by atoms with E-state index in [-0.39, 0.29) is 34.8 Å². The molecule has 1 N–H and O–H groups in total. The minimum Gasteiger partial charge on any atom is -0.508 e. The van der Waals surface area contributed by atoms with E-state index in [0.717, 1.165) is 5.56 Å². The van der Waals surface area contributed by atoms with Gasteiger partial charge in [0.1, 0.15) is 10.9 Å². The molecule has 164 valence electrons. The topological polar surface area (TPSA) is 94.0 Å². The number of aromatic nitrogens is 4. The first-order valence-corrected chi connectivity index (χ1v) is 10.8. The van der Waals surface area contributed by atoms with Gasteiger partial charge in [0, 0.05) is 33.4 Å². The molecule has 0 atom stereocenters. The van der Waals surface area contributed by atoms with E-state index in [0.29, 0.717) is 26.5 Å². The zero-order valence-corrected chi connectivity index (χ0v) is 18.9. The zero-order valence-electron chi connectivity index (χ0n) is 16.7. The molecular formula is C23H13Cl3N4O3. The Hall–Kier alpha value is -3.39. The number of fused-ring (bicyclic) bond motifs is 1. The molecule has 7 nitrogen and oxygen atoms in total. The highest BCUT2D eigenvalue weighted by Crippen LogP contribution is 2.35. The average Bonchev–Trinajstić information content (AvgIpc) is 3.39. The van der Waals surface area contributed by atoms with Crippen molar-refractivity contribution in [3.05, 3.63) is 93.1 Å². The summed E-state index contributed by atoms with van der Waals surface area (Å²) in [5, 5.41) is 19.5. The smallest absolute Gasteiger partial charge is 0.289 e. The number of rotatable bonds is 5. The number of hydrogen-bond acceptors (Lipinski definition) is 6. The van der Waals surface area contributed by atoms with Gasteiger partial charge < -0.3 is 14.1 Å². The number of aromatic hydroxyl groups is 1. The molecule has 0 bridgehead atoms. The predicted octanol–water partition coefficient (Wildman–Crippen LogP) is 6.03. The summed E-state index contributed by atoms with van der Waals surface area (Å²) in [7, 11) is 0. The van der Waals surface area contributed by atoms with Gasteiger partial charge in [0.25, 0.3) is 11.7 Å². The van der Waals surface area contributed by atoms with Crippen molar-refractivity contribution in [3.63, 3.8) is 0 Å². The number of halogens is 3. The average molecular weight is 500 g/mol. The summed E-state index contributed by atoms with van der Waals surface area (Å²) in [6, 6.07) is 13.2. The first-order valence-electron chi connectivity index (χ1n) is 9.65. The van der Waals surface area contributed by atoms with Crippen LogP contribution in [-0.4, -0.2) is 30.6 Å². The van der Waals surface area contributed by atoms with Gasteiger partial charge in [0.2, 0.25) is 5.89 Å². The minimum atomic E-state index is -0.565. The molecule has 0 aliphatic rings. The second-order valence-corrected chi connectivity index (χ2v) is 8.37. The van der Waals surface area contributed by atoms with Crippen molar-refractivity contribution in [1.82, 2.24) is 19.7 Å². The fourth-order valence-electron chi connectivity index (χ4n) is 3.54. The maximum Gasteiger partial charge on any atom is 0.289 e. The third-order valence-corrected chi connectivity index (χ3v) is 6.08. The van der Waals surface area contributed by atoms with Crippen LogP contribution in [-0.2, 0) is 6.54 Å². The van der Waals surface area contributed by atoms with Gasteiger partial charge in [-0.1, -0.05) is 40.9 Å². The molecule has 10 heteroatoms. The maximum absolute atomic E-state index is 13.4. The third kappa shape index (κ3) is 3.95. The van der Waals surface area contributed by atoms with Crippen LogP contribution >= 0.6 is 34.8 Å². The second kappa shape index (κ2) is 8.51. The fourth-order valence-corrected chi connectivity index (χ4v) is 4.34. The molecule has 3 aromatic heterocycles. The number of benzene rings is 2. The first kappa shape index (κ1) is 21.5. The van der Waals surface area contributed by atoms with Crippen molar-refractivity contribution in [2.24, 2.45) is 0 Å². The van der Waals surface area contributed by atoms with Gasteiger partial charge in [-0.05, 0) is 48.0 Å². The van der Waals surface area contributed by atoms with E-state index in [1.54, 1.807) is 53.4 Å². The molecule has 2 aromatic carbocycles. The molecule has 5 rings (SSSR count). The van der Waals surface area contributed by atoms with Crippen LogP contribution in [0.15, 0.2) is 65.3 Å². The Bertz CT molecular complexity index is 1510. The fraction of sp³-hybridized carbons (Fsp3) is 0.0435. The summed E-state index contributed by atoms with van der Waals surface area (Å²) in [6.07, 6.45) is 3.16. The van der Waals surface area contributed by atoms with Gasteiger partial charge in [-0.3, -0.25) is 9.78 Å². The lowest BCUT2D eigenvalue weighted by Gasteiger charge is -2.09. The zero-order chi connectivity index (χ0) is 23.1. The number of ketones is 1. The quantitative estimate of drug-likeness (QED) is 0.297. The third-order valence-electron chi connectivity index (χ3n) is 5.10. The standard InChI is InChI=1S/C23H13Cl3N4O3/c24-14-2-1-13(17(25)9-14)11-30-18-4-3-15(31)10-16(18)19(21(30)26)20(32)23-29-28-22(33-23)12-5-7-27-8-6-12/h1-10,31H,11H2. The van der Waals surface area contributed by atoms with Gasteiger partial charge >= 0.3 is 0 Å². The van der Waals surface area contributed by atoms with Gasteiger partial charge in [-0.2, -0.15) is 0 Å². The monoisotopic (exact) mass is 498 g/mol. The molecule has 0 aliphatic carbocycles. The number of pyridine rings is 1. The van der Waals surface area contributed by atoms with Gasteiger partial charge in [0.15, 0.2) is 0 Å². The lowest BCUT2D eigenvalue weighted by molar-refractivity contribution is 0.100. The normalized spacial score (nSPS) is 11.2. The maximum atomic E-state index is 13.4. The number of nitrogens with zero attached hydrogens (tertiary/aromatic N) is 4. The molecule has 0 unspecified atom stereocenters. The highest BCUT2D eigenvalue weighted by molar-refractivity contribution is 6.37. The van der Waals surface area contributed by atoms with E-state index in [2.05, 4.69) is 15.2 Å². The SMILES string of the molecule is O=C(c1nnc(-c2ccncc2)o1)c1c(Cl)n(Cc2ccc(Cl)cc2Cl)c2ccc(O)cc12. The lowest BCUT2D eigenvalue weighted by atomic mass is 10.1. The Morgan fingerprint density at radius 1 is 1.00 bits per heavy atom. The molecule has 0 aliphatic heterocycles. The van der Waals surface area contributed by atoms with Crippen molar-refractivity contribution in [3.8, 4) is 17.2 Å². The summed E-state index contributed by atoms with van der Waals surface area (Å²) in [5.74, 6) is -0.630. The molecule has 5 aromatic rings. The highest BCUT2D eigenvalue weighted by atomic mass is 35.5. The molecule has 0 saturated carbocycles. The Morgan fingerprint density at radius 2 is 1.79 bits per heavy atom. The second-order valence-electron chi connectivity index (χ2n) is 7.17. The first-order chi connectivity index (χ1) is 15.9. The molecule has 0 spiro atoms. The number of phenolic OH excluding ortho intramolecular Hbond substituents is 1. The Morgan fingerprint density at radius 3 is 2.55 bits per heavy atom. The van der Waals surface area contributed by atoms with Crippen LogP contribution in [0, 0.1) is 0 Å². The number of phenols is 1. The molecular weight excluding hydrogens is 487 g/mol. The van der Waals surface area contributed by atoms with Crippen LogP contribution in [0.3, 0.4) is 0 Å². The van der Waals surface area contributed by atoms with Crippen molar-refractivity contribution in [2.75, 3.05) is 0 Å². The number of hydrogen-bond donors (Lipinski definition) is 1. The van der Waals surface area contributed by atoms with Gasteiger partial charge in [0.05, 0.1) is 17.6 Å². The summed E-state index contributed by atoms with van der Waals surface area (Å²) in [4.78, 5) is 17.3. The van der Waals surface area contributed by atoms with E-state index >= 15 is 0 Å². The van der Waals surface area contributed by atoms with Crippen LogP contribution in [0.4, 0.5) is 0 Å². The largest absolute Gasteiger partial charge is 0.508 e. The van der Waals surface area contributed by atoms with Gasteiger partial charge in [-0.25, -0.2) is 0 Å². The molecule has 0 fully saturated rings. The van der Waals surface area contributed by atoms with E-state index in [1.165, 1.54) is 12.1 Å². The van der Waals surface area contributed by atoms with Crippen LogP contribution in [0.5, 0.6) is 5.75 Å². The number of carbonyl (C=O) groups is 1. The lowest BCUT2D eigenvalue weighted by Crippen LogP contribution is -2.04. The summed E-state index contributed by atoms with van der Waals surface area (Å²) < 4.78 is 7.34. The van der Waals surface area contributed by atoms with Crippen LogP contribution < -0.4 is 0 Å². The van der Waals surface area contributed by atoms with Crippen molar-refractivity contribution < 1.29 is 14.3 Å². The highest BCUT2D eigenvalue weighted by Gasteiger charge is 2.27. The molecule has 0 radical (unpaired) electrons. The van der Waals surface area contributed by atoms with Crippen molar-refractivity contribution >= 4 is 51.5 Å². The summed E-state index contributed by atoms with van der Waals surface area (Å²) in [6.45, 7) is 0.273. The Labute approximate surface area is 202 Å². The van der Waals surface area contributed by atoms with Gasteiger partial charge in [-0.15, -0.1) is 10.2 Å². The molecule has 3 heterocycles. The molecule has 0 saturated heterocycles. The van der Waals surface area contributed by atoms with E-state index in [9.17, 15) is 9.90 Å². The summed E-state index contributed by atoms with van der Waals surface area (Å²) in [5.41, 5.74) is 2.14. The van der Waals surface area contributed by atoms with E-state index in [1.807, 2.05) is 0 Å². The summed E-state index contributed by atoms with van der Waals surface area (Å²) >= 11 is 19.1. The van der Waals surface area contributed by atoms with Crippen molar-refractivity contribution in [2.45, 2.75) is 6.54 Å². The van der Waals surface area contributed by atoms with Crippen LogP contribution in [0.1, 0.15) is 21.8 Å². The Balaban J connectivity index is 1.61. The van der Waals surface area contributed by atoms with Crippen molar-refractivity contribution in [1.29, 1.82) is 0 Å². The van der Waals surface area contributed by atoms with E-state index in [4.69, 9.17) is 39.2 Å². The molecule has 33 heavy (non-hydrogen) atoms. The Kier molecular flexibility index (Phi) is 5.54.